The lowest BCUT2D eigenvalue weighted by Gasteiger charge is -2.25. The maximum atomic E-state index is 13.6. The third-order valence-electron chi connectivity index (χ3n) is 6.17. The SMILES string of the molecule is CCn1c2ccccc2c2cc(NC(=O)CN(c3ccc(Cl)cc3Cl)S(=O)(=O)c3ccccc3)ccc21. The molecule has 0 spiro atoms. The number of aryl methyl sites for hydroxylation is 1. The molecule has 9 heteroatoms. The summed E-state index contributed by atoms with van der Waals surface area (Å²) in [5.74, 6) is -0.510. The number of anilines is 2. The fourth-order valence-corrected chi connectivity index (χ4v) is 6.53. The van der Waals surface area contributed by atoms with Gasteiger partial charge < -0.3 is 9.88 Å². The molecule has 5 aromatic rings. The predicted molar refractivity (Wildman–Crippen MR) is 151 cm³/mol. The van der Waals surface area contributed by atoms with Gasteiger partial charge in [-0.1, -0.05) is 59.6 Å². The molecule has 0 saturated carbocycles. The van der Waals surface area contributed by atoms with E-state index in [4.69, 9.17) is 23.2 Å². The number of carbonyl (C=O) groups is 1. The average Bonchev–Trinajstić information content (AvgIpc) is 3.21. The fraction of sp³-hybridized carbons (Fsp3) is 0.107. The predicted octanol–water partition coefficient (Wildman–Crippen LogP) is 6.96. The van der Waals surface area contributed by atoms with Crippen molar-refractivity contribution in [2.24, 2.45) is 0 Å². The van der Waals surface area contributed by atoms with Gasteiger partial charge in [-0.05, 0) is 61.5 Å². The summed E-state index contributed by atoms with van der Waals surface area (Å²) in [7, 11) is -4.10. The van der Waals surface area contributed by atoms with E-state index in [0.717, 1.165) is 32.7 Å². The molecule has 0 fully saturated rings. The van der Waals surface area contributed by atoms with Crippen molar-refractivity contribution in [3.8, 4) is 0 Å². The van der Waals surface area contributed by atoms with Gasteiger partial charge in [0.05, 0.1) is 15.6 Å². The van der Waals surface area contributed by atoms with Crippen LogP contribution in [0.3, 0.4) is 0 Å². The van der Waals surface area contributed by atoms with Crippen LogP contribution in [0.2, 0.25) is 10.0 Å². The van der Waals surface area contributed by atoms with Gasteiger partial charge in [-0.3, -0.25) is 9.10 Å². The lowest BCUT2D eigenvalue weighted by molar-refractivity contribution is -0.114. The quantitative estimate of drug-likeness (QED) is 0.237. The summed E-state index contributed by atoms with van der Waals surface area (Å²) in [6.07, 6.45) is 0. The minimum absolute atomic E-state index is 0.0441. The van der Waals surface area contributed by atoms with Crippen LogP contribution in [0.25, 0.3) is 21.8 Å². The number of rotatable bonds is 7. The molecule has 0 aliphatic carbocycles. The molecule has 0 radical (unpaired) electrons. The molecule has 188 valence electrons. The number of fused-ring (bicyclic) bond motifs is 3. The van der Waals surface area contributed by atoms with E-state index >= 15 is 0 Å². The van der Waals surface area contributed by atoms with Crippen molar-refractivity contribution >= 4 is 72.3 Å². The summed E-state index contributed by atoms with van der Waals surface area (Å²) in [6, 6.07) is 26.2. The van der Waals surface area contributed by atoms with E-state index in [1.165, 1.54) is 30.3 Å². The molecule has 1 heterocycles. The molecule has 37 heavy (non-hydrogen) atoms. The highest BCUT2D eigenvalue weighted by Crippen LogP contribution is 2.33. The summed E-state index contributed by atoms with van der Waals surface area (Å²) < 4.78 is 30.3. The van der Waals surface area contributed by atoms with Crippen molar-refractivity contribution in [3.05, 3.63) is 101 Å². The molecular weight excluding hydrogens is 529 g/mol. The van der Waals surface area contributed by atoms with Gasteiger partial charge >= 0.3 is 0 Å². The van der Waals surface area contributed by atoms with Crippen LogP contribution in [0.15, 0.2) is 95.9 Å². The first-order chi connectivity index (χ1) is 17.8. The van der Waals surface area contributed by atoms with E-state index in [0.29, 0.717) is 10.7 Å². The van der Waals surface area contributed by atoms with Crippen LogP contribution in [0.1, 0.15) is 6.92 Å². The number of hydrogen-bond donors (Lipinski definition) is 1. The first-order valence-electron chi connectivity index (χ1n) is 11.6. The molecule has 6 nitrogen and oxygen atoms in total. The minimum atomic E-state index is -4.10. The Bertz CT molecular complexity index is 1730. The Morgan fingerprint density at radius 3 is 2.30 bits per heavy atom. The number of hydrogen-bond acceptors (Lipinski definition) is 3. The van der Waals surface area contributed by atoms with Gasteiger partial charge in [0.2, 0.25) is 5.91 Å². The number of nitrogens with zero attached hydrogens (tertiary/aromatic N) is 2. The highest BCUT2D eigenvalue weighted by Gasteiger charge is 2.29. The first-order valence-corrected chi connectivity index (χ1v) is 13.8. The molecule has 1 amide bonds. The summed E-state index contributed by atoms with van der Waals surface area (Å²) in [5, 5.41) is 5.42. The largest absolute Gasteiger partial charge is 0.341 e. The van der Waals surface area contributed by atoms with Crippen LogP contribution >= 0.6 is 23.2 Å². The van der Waals surface area contributed by atoms with Gasteiger partial charge in [-0.25, -0.2) is 8.42 Å². The van der Waals surface area contributed by atoms with Crippen LogP contribution in [-0.2, 0) is 21.4 Å². The zero-order chi connectivity index (χ0) is 26.2. The molecule has 0 atom stereocenters. The molecule has 0 bridgehead atoms. The normalized spacial score (nSPS) is 11.6. The molecule has 5 rings (SSSR count). The Morgan fingerprint density at radius 2 is 1.57 bits per heavy atom. The van der Waals surface area contributed by atoms with Crippen LogP contribution in [0, 0.1) is 0 Å². The standard InChI is InChI=1S/C28H23Cl2N3O3S/c1-2-32-25-11-7-6-10-22(25)23-17-20(13-15-26(23)32)31-28(34)18-33(27-14-12-19(29)16-24(27)30)37(35,36)21-8-4-3-5-9-21/h3-17H,2,18H2,1H3,(H,31,34). The first kappa shape index (κ1) is 25.1. The summed E-state index contributed by atoms with van der Waals surface area (Å²) in [6.45, 7) is 2.42. The number of nitrogens with one attached hydrogen (secondary N) is 1. The van der Waals surface area contributed by atoms with Gasteiger partial charge in [-0.15, -0.1) is 0 Å². The van der Waals surface area contributed by atoms with Crippen LogP contribution < -0.4 is 9.62 Å². The molecule has 0 saturated heterocycles. The van der Waals surface area contributed by atoms with Crippen LogP contribution in [0.4, 0.5) is 11.4 Å². The van der Waals surface area contributed by atoms with Crippen molar-refractivity contribution in [3.63, 3.8) is 0 Å². The molecule has 0 aliphatic rings. The van der Waals surface area contributed by atoms with Crippen molar-refractivity contribution in [2.45, 2.75) is 18.4 Å². The molecular formula is C28H23Cl2N3O3S. The second-order valence-electron chi connectivity index (χ2n) is 8.46. The van der Waals surface area contributed by atoms with Crippen LogP contribution in [0.5, 0.6) is 0 Å². The third kappa shape index (κ3) is 4.78. The van der Waals surface area contributed by atoms with E-state index < -0.39 is 22.5 Å². The fourth-order valence-electron chi connectivity index (χ4n) is 4.51. The van der Waals surface area contributed by atoms with E-state index in [1.807, 2.05) is 36.4 Å². The number of para-hydroxylation sites is 1. The highest BCUT2D eigenvalue weighted by atomic mass is 35.5. The van der Waals surface area contributed by atoms with E-state index in [9.17, 15) is 13.2 Å². The van der Waals surface area contributed by atoms with Gasteiger partial charge in [0, 0.05) is 39.1 Å². The molecule has 0 unspecified atom stereocenters. The summed E-state index contributed by atoms with van der Waals surface area (Å²) in [5.41, 5.74) is 2.89. The smallest absolute Gasteiger partial charge is 0.264 e. The topological polar surface area (TPSA) is 71.4 Å². The lowest BCUT2D eigenvalue weighted by Crippen LogP contribution is -2.38. The number of carbonyl (C=O) groups excluding carboxylic acids is 1. The van der Waals surface area contributed by atoms with E-state index in [1.54, 1.807) is 18.2 Å². The minimum Gasteiger partial charge on any atom is -0.341 e. The van der Waals surface area contributed by atoms with Crippen LogP contribution in [-0.4, -0.2) is 25.4 Å². The Hall–Kier alpha value is -3.52. The third-order valence-corrected chi connectivity index (χ3v) is 8.48. The van der Waals surface area contributed by atoms with Crippen molar-refractivity contribution < 1.29 is 13.2 Å². The molecule has 4 aromatic carbocycles. The summed E-state index contributed by atoms with van der Waals surface area (Å²) >= 11 is 12.4. The Kier molecular flexibility index (Phi) is 6.86. The van der Waals surface area contributed by atoms with Gasteiger partial charge in [0.15, 0.2) is 0 Å². The van der Waals surface area contributed by atoms with E-state index in [2.05, 4.69) is 22.9 Å². The number of amides is 1. The molecule has 1 aromatic heterocycles. The zero-order valence-electron chi connectivity index (χ0n) is 19.9. The summed E-state index contributed by atoms with van der Waals surface area (Å²) in [4.78, 5) is 13.3. The van der Waals surface area contributed by atoms with Crippen molar-refractivity contribution in [2.75, 3.05) is 16.2 Å². The number of benzene rings is 4. The van der Waals surface area contributed by atoms with E-state index in [-0.39, 0.29) is 15.6 Å². The molecule has 1 N–H and O–H groups in total. The van der Waals surface area contributed by atoms with Gasteiger partial charge in [0.25, 0.3) is 10.0 Å². The molecule has 0 aliphatic heterocycles. The number of halogens is 2. The average molecular weight is 552 g/mol. The number of aromatic nitrogens is 1. The Labute approximate surface area is 225 Å². The van der Waals surface area contributed by atoms with Crippen molar-refractivity contribution in [1.82, 2.24) is 4.57 Å². The maximum Gasteiger partial charge on any atom is 0.264 e. The number of sulfonamides is 1. The van der Waals surface area contributed by atoms with Gasteiger partial charge in [0.1, 0.15) is 6.54 Å². The highest BCUT2D eigenvalue weighted by molar-refractivity contribution is 7.92. The Balaban J connectivity index is 1.50. The van der Waals surface area contributed by atoms with Gasteiger partial charge in [-0.2, -0.15) is 0 Å². The Morgan fingerprint density at radius 1 is 0.865 bits per heavy atom. The second-order valence-corrected chi connectivity index (χ2v) is 11.2. The van der Waals surface area contributed by atoms with Crippen molar-refractivity contribution in [1.29, 1.82) is 0 Å². The lowest BCUT2D eigenvalue weighted by atomic mass is 10.1. The monoisotopic (exact) mass is 551 g/mol. The zero-order valence-corrected chi connectivity index (χ0v) is 22.2. The maximum absolute atomic E-state index is 13.6. The second kappa shape index (κ2) is 10.1.